The molecule has 5 heteroatoms. The second kappa shape index (κ2) is 5.69. The Balaban J connectivity index is 1.89. The minimum atomic E-state index is 0.572. The molecule has 21 heavy (non-hydrogen) atoms. The highest BCUT2D eigenvalue weighted by atomic mass is 79.9. The monoisotopic (exact) mass is 342 g/mol. The van der Waals surface area contributed by atoms with Crippen molar-refractivity contribution < 1.29 is 0 Å². The Hall–Kier alpha value is -2.14. The normalized spacial score (nSPS) is 10.6. The van der Waals surface area contributed by atoms with Crippen molar-refractivity contribution in [3.8, 4) is 11.4 Å². The van der Waals surface area contributed by atoms with E-state index in [4.69, 9.17) is 0 Å². The molecule has 2 aromatic carbocycles. The van der Waals surface area contributed by atoms with Crippen molar-refractivity contribution in [3.05, 3.63) is 58.1 Å². The SMILES string of the molecule is Cc1cccc(C)c1Nc1n[nH]c(-c2cccc(Br)c2)n1. The first kappa shape index (κ1) is 13.8. The Kier molecular flexibility index (Phi) is 3.75. The van der Waals surface area contributed by atoms with E-state index in [0.29, 0.717) is 5.95 Å². The zero-order valence-corrected chi connectivity index (χ0v) is 13.4. The molecule has 0 bridgehead atoms. The van der Waals surface area contributed by atoms with Gasteiger partial charge in [-0.05, 0) is 37.1 Å². The van der Waals surface area contributed by atoms with Crippen LogP contribution in [0.25, 0.3) is 11.4 Å². The molecule has 3 aromatic rings. The van der Waals surface area contributed by atoms with Gasteiger partial charge in [-0.2, -0.15) is 4.98 Å². The maximum atomic E-state index is 4.50. The molecule has 0 spiro atoms. The fraction of sp³-hybridized carbons (Fsp3) is 0.125. The first-order valence-corrected chi connectivity index (χ1v) is 7.44. The molecule has 0 aliphatic heterocycles. The number of aromatic amines is 1. The van der Waals surface area contributed by atoms with E-state index in [9.17, 15) is 0 Å². The molecule has 1 aromatic heterocycles. The van der Waals surface area contributed by atoms with Crippen molar-refractivity contribution >= 4 is 27.6 Å². The zero-order valence-electron chi connectivity index (χ0n) is 11.8. The summed E-state index contributed by atoms with van der Waals surface area (Å²) in [5.74, 6) is 1.31. The molecule has 1 heterocycles. The van der Waals surface area contributed by atoms with Gasteiger partial charge in [0.15, 0.2) is 5.82 Å². The van der Waals surface area contributed by atoms with E-state index < -0.39 is 0 Å². The Labute approximate surface area is 131 Å². The first-order valence-electron chi connectivity index (χ1n) is 6.65. The minimum Gasteiger partial charge on any atom is -0.322 e. The number of nitrogens with zero attached hydrogens (tertiary/aromatic N) is 2. The van der Waals surface area contributed by atoms with Crippen molar-refractivity contribution in [2.75, 3.05) is 5.32 Å². The third-order valence-corrected chi connectivity index (χ3v) is 3.79. The number of nitrogens with one attached hydrogen (secondary N) is 2. The van der Waals surface area contributed by atoms with Gasteiger partial charge >= 0.3 is 0 Å². The van der Waals surface area contributed by atoms with Gasteiger partial charge in [0.05, 0.1) is 0 Å². The topological polar surface area (TPSA) is 53.6 Å². The van der Waals surface area contributed by atoms with Crippen LogP contribution in [0.3, 0.4) is 0 Å². The molecule has 106 valence electrons. The summed E-state index contributed by atoms with van der Waals surface area (Å²) in [6, 6.07) is 14.1. The number of halogens is 1. The largest absolute Gasteiger partial charge is 0.322 e. The number of hydrogen-bond donors (Lipinski definition) is 2. The lowest BCUT2D eigenvalue weighted by Crippen LogP contribution is -1.97. The summed E-state index contributed by atoms with van der Waals surface area (Å²) in [5.41, 5.74) is 4.39. The highest BCUT2D eigenvalue weighted by molar-refractivity contribution is 9.10. The van der Waals surface area contributed by atoms with Crippen LogP contribution in [-0.2, 0) is 0 Å². The number of rotatable bonds is 3. The standard InChI is InChI=1S/C16H15BrN4/c1-10-5-3-6-11(2)14(10)18-16-19-15(20-21-16)12-7-4-8-13(17)9-12/h3-9H,1-2H3,(H2,18,19,20,21). The third-order valence-electron chi connectivity index (χ3n) is 3.30. The molecule has 0 fully saturated rings. The highest BCUT2D eigenvalue weighted by Crippen LogP contribution is 2.24. The predicted molar refractivity (Wildman–Crippen MR) is 88.7 cm³/mol. The Morgan fingerprint density at radius 3 is 2.48 bits per heavy atom. The Morgan fingerprint density at radius 2 is 1.76 bits per heavy atom. The second-order valence-electron chi connectivity index (χ2n) is 4.91. The Morgan fingerprint density at radius 1 is 1.05 bits per heavy atom. The van der Waals surface area contributed by atoms with Crippen LogP contribution in [0.15, 0.2) is 46.9 Å². The van der Waals surface area contributed by atoms with Crippen LogP contribution < -0.4 is 5.32 Å². The maximum Gasteiger partial charge on any atom is 0.246 e. The van der Waals surface area contributed by atoms with Gasteiger partial charge in [-0.3, -0.25) is 5.10 Å². The lowest BCUT2D eigenvalue weighted by Gasteiger charge is -2.09. The average molecular weight is 343 g/mol. The van der Waals surface area contributed by atoms with Gasteiger partial charge in [0.1, 0.15) is 0 Å². The van der Waals surface area contributed by atoms with Crippen LogP contribution >= 0.6 is 15.9 Å². The molecule has 0 aliphatic rings. The van der Waals surface area contributed by atoms with Gasteiger partial charge in [-0.1, -0.05) is 46.3 Å². The molecule has 4 nitrogen and oxygen atoms in total. The van der Waals surface area contributed by atoms with Gasteiger partial charge in [0.2, 0.25) is 5.95 Å². The number of hydrogen-bond acceptors (Lipinski definition) is 3. The minimum absolute atomic E-state index is 0.572. The van der Waals surface area contributed by atoms with Gasteiger partial charge in [0, 0.05) is 15.7 Å². The second-order valence-corrected chi connectivity index (χ2v) is 5.83. The fourth-order valence-corrected chi connectivity index (χ4v) is 2.61. The summed E-state index contributed by atoms with van der Waals surface area (Å²) in [5, 5.41) is 10.5. The summed E-state index contributed by atoms with van der Waals surface area (Å²) < 4.78 is 1.01. The van der Waals surface area contributed by atoms with E-state index in [1.54, 1.807) is 0 Å². The summed E-state index contributed by atoms with van der Waals surface area (Å²) >= 11 is 3.46. The molecule has 0 saturated carbocycles. The molecular weight excluding hydrogens is 328 g/mol. The lowest BCUT2D eigenvalue weighted by molar-refractivity contribution is 1.09. The van der Waals surface area contributed by atoms with Gasteiger partial charge < -0.3 is 5.32 Å². The number of para-hydroxylation sites is 1. The molecule has 0 saturated heterocycles. The van der Waals surface area contributed by atoms with E-state index in [0.717, 1.165) is 21.5 Å². The van der Waals surface area contributed by atoms with Crippen LogP contribution in [-0.4, -0.2) is 15.2 Å². The number of aromatic nitrogens is 3. The molecule has 0 aliphatic carbocycles. The molecule has 0 atom stereocenters. The van der Waals surface area contributed by atoms with E-state index in [-0.39, 0.29) is 0 Å². The van der Waals surface area contributed by atoms with Gasteiger partial charge in [-0.25, -0.2) is 0 Å². The summed E-state index contributed by atoms with van der Waals surface area (Å²) in [6.07, 6.45) is 0. The molecule has 2 N–H and O–H groups in total. The number of anilines is 2. The number of H-pyrrole nitrogens is 1. The molecule has 0 unspecified atom stereocenters. The Bertz CT molecular complexity index is 759. The number of aryl methyl sites for hydroxylation is 2. The van der Waals surface area contributed by atoms with Crippen LogP contribution in [0, 0.1) is 13.8 Å². The smallest absolute Gasteiger partial charge is 0.246 e. The highest BCUT2D eigenvalue weighted by Gasteiger charge is 2.08. The van der Waals surface area contributed by atoms with E-state index in [2.05, 4.69) is 62.4 Å². The number of benzene rings is 2. The van der Waals surface area contributed by atoms with Crippen LogP contribution in [0.4, 0.5) is 11.6 Å². The van der Waals surface area contributed by atoms with Crippen molar-refractivity contribution in [3.63, 3.8) is 0 Å². The molecule has 3 rings (SSSR count). The summed E-state index contributed by atoms with van der Waals surface area (Å²) in [4.78, 5) is 4.50. The summed E-state index contributed by atoms with van der Waals surface area (Å²) in [7, 11) is 0. The van der Waals surface area contributed by atoms with Crippen LogP contribution in [0.5, 0.6) is 0 Å². The molecular formula is C16H15BrN4. The van der Waals surface area contributed by atoms with Gasteiger partial charge in [0.25, 0.3) is 0 Å². The quantitative estimate of drug-likeness (QED) is 0.731. The molecule has 0 radical (unpaired) electrons. The van der Waals surface area contributed by atoms with E-state index in [1.165, 1.54) is 11.1 Å². The van der Waals surface area contributed by atoms with Gasteiger partial charge in [-0.15, -0.1) is 5.10 Å². The first-order chi connectivity index (χ1) is 10.1. The molecule has 0 amide bonds. The van der Waals surface area contributed by atoms with Crippen molar-refractivity contribution in [1.82, 2.24) is 15.2 Å². The van der Waals surface area contributed by atoms with Crippen molar-refractivity contribution in [2.24, 2.45) is 0 Å². The third kappa shape index (κ3) is 2.97. The summed E-state index contributed by atoms with van der Waals surface area (Å²) in [6.45, 7) is 4.13. The lowest BCUT2D eigenvalue weighted by atomic mass is 10.1. The predicted octanol–water partition coefficient (Wildman–Crippen LogP) is 4.59. The average Bonchev–Trinajstić information content (AvgIpc) is 2.92. The zero-order chi connectivity index (χ0) is 14.8. The maximum absolute atomic E-state index is 4.50. The fourth-order valence-electron chi connectivity index (χ4n) is 2.21. The van der Waals surface area contributed by atoms with Crippen molar-refractivity contribution in [2.45, 2.75) is 13.8 Å². The van der Waals surface area contributed by atoms with Crippen molar-refractivity contribution in [1.29, 1.82) is 0 Å². The van der Waals surface area contributed by atoms with E-state index in [1.807, 2.05) is 30.3 Å². The van der Waals surface area contributed by atoms with Crippen LogP contribution in [0.1, 0.15) is 11.1 Å². The van der Waals surface area contributed by atoms with E-state index >= 15 is 0 Å². The van der Waals surface area contributed by atoms with Crippen LogP contribution in [0.2, 0.25) is 0 Å².